The number of rotatable bonds is 9. The number of benzene rings is 1. The normalized spacial score (nSPS) is 24.0. The monoisotopic (exact) mass is 771 g/mol. The van der Waals surface area contributed by atoms with E-state index < -0.39 is 17.7 Å². The molecule has 1 spiro atoms. The zero-order valence-electron chi connectivity index (χ0n) is 31.7. The average molecular weight is 772 g/mol. The summed E-state index contributed by atoms with van der Waals surface area (Å²) in [6.07, 6.45) is 9.32. The molecule has 3 N–H and O–H groups in total. The highest BCUT2D eigenvalue weighted by molar-refractivity contribution is 7.99. The third kappa shape index (κ3) is 8.85. The molecule has 2 aromatic heterocycles. The van der Waals surface area contributed by atoms with E-state index in [1.54, 1.807) is 12.4 Å². The van der Waals surface area contributed by atoms with Crippen LogP contribution in [0.2, 0.25) is 0 Å². The number of amides is 2. The van der Waals surface area contributed by atoms with E-state index in [0.717, 1.165) is 73.3 Å². The Kier molecular flexibility index (Phi) is 11.0. The molecule has 2 saturated heterocycles. The van der Waals surface area contributed by atoms with Crippen molar-refractivity contribution in [2.45, 2.75) is 87.4 Å². The number of aromatic carboxylic acids is 1. The molecule has 0 bridgehead atoms. The number of carbonyl (C=O) groups is 4. The van der Waals surface area contributed by atoms with E-state index in [2.05, 4.69) is 40.3 Å². The first kappa shape index (κ1) is 38.4. The van der Waals surface area contributed by atoms with Crippen LogP contribution in [0.5, 0.6) is 0 Å². The minimum atomic E-state index is -1.04. The van der Waals surface area contributed by atoms with E-state index in [-0.39, 0.29) is 40.5 Å². The van der Waals surface area contributed by atoms with E-state index in [1.165, 1.54) is 24.2 Å². The summed E-state index contributed by atoms with van der Waals surface area (Å²) in [6, 6.07) is 7.84. The van der Waals surface area contributed by atoms with Crippen molar-refractivity contribution in [1.29, 1.82) is 0 Å². The summed E-state index contributed by atoms with van der Waals surface area (Å²) in [7, 11) is 0. The summed E-state index contributed by atoms with van der Waals surface area (Å²) < 4.78 is 5.52. The third-order valence-electron chi connectivity index (χ3n) is 11.4. The zero-order valence-corrected chi connectivity index (χ0v) is 32.6. The van der Waals surface area contributed by atoms with Crippen LogP contribution in [0, 0.1) is 17.3 Å². The lowest BCUT2D eigenvalue weighted by Gasteiger charge is -2.45. The summed E-state index contributed by atoms with van der Waals surface area (Å²) in [4.78, 5) is 75.2. The van der Waals surface area contributed by atoms with Crippen LogP contribution in [-0.2, 0) is 14.3 Å². The van der Waals surface area contributed by atoms with E-state index in [0.29, 0.717) is 31.5 Å². The Balaban J connectivity index is 0.859. The molecule has 3 aromatic rings. The fourth-order valence-corrected chi connectivity index (χ4v) is 9.01. The number of carboxylic acid groups (broad SMARTS) is 1. The van der Waals surface area contributed by atoms with Crippen molar-refractivity contribution in [2.75, 3.05) is 54.4 Å². The van der Waals surface area contributed by atoms with Crippen LogP contribution < -0.4 is 20.4 Å². The summed E-state index contributed by atoms with van der Waals surface area (Å²) in [5, 5.41) is 16.0. The quantitative estimate of drug-likeness (QED) is 0.271. The molecule has 4 aliphatic rings. The SMILES string of the molecule is C[C@@H]1C(=O)CC2(CCN(c3cnc(Sc4cccc(NC(=O)C5CC(N6CCN(c7ncc(C(=O)O)cn7)CC6)C5)c4)cn3)CC2)[C@H]1NC(=O)OC(C)(C)C. The van der Waals surface area contributed by atoms with Crippen LogP contribution >= 0.6 is 11.8 Å². The van der Waals surface area contributed by atoms with E-state index in [1.807, 2.05) is 52.0 Å². The van der Waals surface area contributed by atoms with Gasteiger partial charge < -0.3 is 30.3 Å². The van der Waals surface area contributed by atoms with Crippen molar-refractivity contribution in [3.8, 4) is 0 Å². The molecule has 2 saturated carbocycles. The van der Waals surface area contributed by atoms with Gasteiger partial charge in [0.05, 0.1) is 18.0 Å². The highest BCUT2D eigenvalue weighted by atomic mass is 32.2. The lowest BCUT2D eigenvalue weighted by Crippen LogP contribution is -2.55. The number of ketones is 1. The first-order valence-electron chi connectivity index (χ1n) is 19.0. The largest absolute Gasteiger partial charge is 0.478 e. The Morgan fingerprint density at radius 1 is 0.927 bits per heavy atom. The Labute approximate surface area is 325 Å². The Hall–Kier alpha value is -4.83. The second kappa shape index (κ2) is 15.7. The molecule has 16 heteroatoms. The van der Waals surface area contributed by atoms with Gasteiger partial charge in [0.2, 0.25) is 11.9 Å². The van der Waals surface area contributed by atoms with Gasteiger partial charge in [-0.3, -0.25) is 14.5 Å². The van der Waals surface area contributed by atoms with Crippen molar-refractivity contribution in [3.63, 3.8) is 0 Å². The van der Waals surface area contributed by atoms with Crippen molar-refractivity contribution in [1.82, 2.24) is 30.2 Å². The van der Waals surface area contributed by atoms with Gasteiger partial charge in [-0.15, -0.1) is 0 Å². The molecule has 4 fully saturated rings. The average Bonchev–Trinajstić information content (AvgIpc) is 3.35. The molecule has 2 amide bonds. The number of carboxylic acids is 1. The standard InChI is InChI=1S/C39H49N9O6S/c1-24-30(49)19-39(33(24)45-37(53)54-38(2,3)4)8-10-47(11-9-39)31-22-41-32(23-40-31)55-29-7-5-6-27(18-29)44-34(50)25-16-28(17-25)46-12-14-48(15-13-46)36-42-20-26(21-43-36)35(51)52/h5-7,18,20-25,28,33H,8-17,19H2,1-4H3,(H,44,50)(H,45,53)(H,51,52)/t24-,25?,28?,33+/m1/s1. The predicted molar refractivity (Wildman–Crippen MR) is 206 cm³/mol. The topological polar surface area (TPSA) is 183 Å². The number of hydrogen-bond donors (Lipinski definition) is 3. The van der Waals surface area contributed by atoms with Crippen LogP contribution in [0.1, 0.15) is 70.2 Å². The van der Waals surface area contributed by atoms with Crippen LogP contribution in [-0.4, -0.2) is 111 Å². The fourth-order valence-electron chi connectivity index (χ4n) is 8.23. The predicted octanol–water partition coefficient (Wildman–Crippen LogP) is 4.74. The lowest BCUT2D eigenvalue weighted by molar-refractivity contribution is -0.124. The molecule has 7 rings (SSSR count). The summed E-state index contributed by atoms with van der Waals surface area (Å²) in [5.74, 6) is 0.174. The van der Waals surface area contributed by atoms with Gasteiger partial charge in [0.15, 0.2) is 0 Å². The number of nitrogens with one attached hydrogen (secondary N) is 2. The first-order chi connectivity index (χ1) is 26.2. The maximum Gasteiger partial charge on any atom is 0.407 e. The van der Waals surface area contributed by atoms with Crippen LogP contribution in [0.3, 0.4) is 0 Å². The number of ether oxygens (including phenoxy) is 1. The van der Waals surface area contributed by atoms with Crippen molar-refractivity contribution in [3.05, 3.63) is 54.6 Å². The molecule has 15 nitrogen and oxygen atoms in total. The first-order valence-corrected chi connectivity index (χ1v) is 19.8. The van der Waals surface area contributed by atoms with Crippen LogP contribution in [0.15, 0.2) is 59.0 Å². The molecule has 0 radical (unpaired) electrons. The molecule has 55 heavy (non-hydrogen) atoms. The van der Waals surface area contributed by atoms with Gasteiger partial charge in [-0.1, -0.05) is 24.8 Å². The lowest BCUT2D eigenvalue weighted by atomic mass is 9.73. The Morgan fingerprint density at radius 3 is 2.27 bits per heavy atom. The maximum atomic E-state index is 13.2. The minimum absolute atomic E-state index is 0.0276. The second-order valence-electron chi connectivity index (χ2n) is 16.2. The number of aromatic nitrogens is 4. The van der Waals surface area contributed by atoms with Gasteiger partial charge in [-0.2, -0.15) is 0 Å². The second-order valence-corrected chi connectivity index (χ2v) is 17.3. The molecule has 2 aliphatic heterocycles. The highest BCUT2D eigenvalue weighted by Gasteiger charge is 2.53. The minimum Gasteiger partial charge on any atom is -0.478 e. The van der Waals surface area contributed by atoms with Crippen LogP contribution in [0.25, 0.3) is 0 Å². The molecule has 4 heterocycles. The number of carbonyl (C=O) groups excluding carboxylic acids is 3. The number of piperazine rings is 1. The van der Waals surface area contributed by atoms with Gasteiger partial charge in [-0.25, -0.2) is 29.5 Å². The third-order valence-corrected chi connectivity index (χ3v) is 12.3. The van der Waals surface area contributed by atoms with E-state index in [4.69, 9.17) is 14.8 Å². The molecule has 0 unspecified atom stereocenters. The van der Waals surface area contributed by atoms with Crippen LogP contribution in [0.4, 0.5) is 22.2 Å². The van der Waals surface area contributed by atoms with Crippen molar-refractivity contribution < 1.29 is 29.0 Å². The molecular formula is C39H49N9O6S. The fraction of sp³-hybridized carbons (Fsp3) is 0.538. The van der Waals surface area contributed by atoms with E-state index >= 15 is 0 Å². The number of hydrogen-bond acceptors (Lipinski definition) is 13. The maximum absolute atomic E-state index is 13.2. The number of nitrogens with zero attached hydrogens (tertiary/aromatic N) is 7. The summed E-state index contributed by atoms with van der Waals surface area (Å²) in [6.45, 7) is 12.0. The van der Waals surface area contributed by atoms with Gasteiger partial charge >= 0.3 is 12.1 Å². The molecule has 2 atom stereocenters. The summed E-state index contributed by atoms with van der Waals surface area (Å²) in [5.41, 5.74) is -0.105. The molecule has 1 aromatic carbocycles. The summed E-state index contributed by atoms with van der Waals surface area (Å²) >= 11 is 1.48. The van der Waals surface area contributed by atoms with Gasteiger partial charge in [0.1, 0.15) is 22.2 Å². The number of alkyl carbamates (subject to hydrolysis) is 1. The number of Topliss-reactive ketones (excluding diaryl/α,β-unsaturated/α-hetero) is 1. The van der Waals surface area contributed by atoms with E-state index in [9.17, 15) is 19.2 Å². The number of anilines is 3. The molecule has 292 valence electrons. The molecular weight excluding hydrogens is 723 g/mol. The highest BCUT2D eigenvalue weighted by Crippen LogP contribution is 2.48. The van der Waals surface area contributed by atoms with Crippen molar-refractivity contribution in [2.24, 2.45) is 17.3 Å². The van der Waals surface area contributed by atoms with Gasteiger partial charge in [0.25, 0.3) is 0 Å². The zero-order chi connectivity index (χ0) is 38.9. The van der Waals surface area contributed by atoms with Gasteiger partial charge in [-0.05, 0) is 64.7 Å². The van der Waals surface area contributed by atoms with Crippen molar-refractivity contribution >= 4 is 53.0 Å². The Morgan fingerprint density at radius 2 is 1.64 bits per heavy atom. The molecule has 2 aliphatic carbocycles. The smallest absolute Gasteiger partial charge is 0.407 e. The Bertz CT molecular complexity index is 1880. The number of piperidine rings is 1. The van der Waals surface area contributed by atoms with Gasteiger partial charge in [0, 0.05) is 98.0 Å².